The number of halogens is 3. The summed E-state index contributed by atoms with van der Waals surface area (Å²) in [4.78, 5) is 25.3. The summed E-state index contributed by atoms with van der Waals surface area (Å²) < 4.78 is 52.7. The molecule has 0 bridgehead atoms. The second-order valence-electron chi connectivity index (χ2n) is 8.35. The Labute approximate surface area is 205 Å². The standard InChI is InChI=1S/C27H24F3NO5/c1-2-35-25-11-16(12-26(32)33)3-6-21(25)19-7-8-23(29)20-9-10-31(14-22(19)20)27(34)36-15-17-4-5-18(28)13-24(17)30/h3-8,11,13H,2,9-10,12,14-15H2,1H3,(H,32,33). The molecule has 0 radical (unpaired) electrons. The fraction of sp³-hybridized carbons (Fsp3) is 0.259. The zero-order chi connectivity index (χ0) is 25.8. The molecule has 188 valence electrons. The zero-order valence-corrected chi connectivity index (χ0v) is 19.5. The molecular weight excluding hydrogens is 475 g/mol. The van der Waals surface area contributed by atoms with E-state index in [2.05, 4.69) is 0 Å². The molecule has 0 saturated heterocycles. The van der Waals surface area contributed by atoms with Gasteiger partial charge >= 0.3 is 12.1 Å². The topological polar surface area (TPSA) is 76.1 Å². The van der Waals surface area contributed by atoms with E-state index in [0.29, 0.717) is 46.2 Å². The van der Waals surface area contributed by atoms with Gasteiger partial charge in [-0.05, 0) is 59.9 Å². The van der Waals surface area contributed by atoms with Gasteiger partial charge < -0.3 is 19.5 Å². The van der Waals surface area contributed by atoms with Crippen LogP contribution in [0.1, 0.15) is 29.2 Å². The highest BCUT2D eigenvalue weighted by Crippen LogP contribution is 2.38. The van der Waals surface area contributed by atoms with Crippen molar-refractivity contribution in [2.45, 2.75) is 32.9 Å². The molecule has 1 aliphatic rings. The first-order valence-corrected chi connectivity index (χ1v) is 11.4. The van der Waals surface area contributed by atoms with Gasteiger partial charge in [0.1, 0.15) is 29.8 Å². The van der Waals surface area contributed by atoms with Gasteiger partial charge in [0.05, 0.1) is 13.0 Å². The van der Waals surface area contributed by atoms with E-state index >= 15 is 0 Å². The molecule has 0 atom stereocenters. The summed E-state index contributed by atoms with van der Waals surface area (Å²) in [7, 11) is 0. The Morgan fingerprint density at radius 1 is 0.972 bits per heavy atom. The summed E-state index contributed by atoms with van der Waals surface area (Å²) in [5.74, 6) is -2.45. The highest BCUT2D eigenvalue weighted by Gasteiger charge is 2.27. The number of hydrogen-bond acceptors (Lipinski definition) is 4. The molecular formula is C27H24F3NO5. The first-order valence-electron chi connectivity index (χ1n) is 11.4. The quantitative estimate of drug-likeness (QED) is 0.465. The average Bonchev–Trinajstić information content (AvgIpc) is 2.84. The molecule has 6 nitrogen and oxygen atoms in total. The summed E-state index contributed by atoms with van der Waals surface area (Å²) in [6.45, 7) is 2.02. The van der Waals surface area contributed by atoms with Crippen LogP contribution in [0.25, 0.3) is 11.1 Å². The Hall–Kier alpha value is -4.01. The number of nitrogens with zero attached hydrogens (tertiary/aromatic N) is 1. The van der Waals surface area contributed by atoms with Crippen LogP contribution in [0.4, 0.5) is 18.0 Å². The van der Waals surface area contributed by atoms with Crippen molar-refractivity contribution in [2.24, 2.45) is 0 Å². The summed E-state index contributed by atoms with van der Waals surface area (Å²) in [6, 6.07) is 11.0. The number of aliphatic carboxylic acids is 1. The lowest BCUT2D eigenvalue weighted by molar-refractivity contribution is -0.136. The highest BCUT2D eigenvalue weighted by molar-refractivity contribution is 5.78. The van der Waals surface area contributed by atoms with E-state index in [1.165, 1.54) is 17.0 Å². The van der Waals surface area contributed by atoms with Crippen molar-refractivity contribution >= 4 is 12.1 Å². The largest absolute Gasteiger partial charge is 0.493 e. The number of benzene rings is 3. The number of carboxylic acid groups (broad SMARTS) is 1. The maximum absolute atomic E-state index is 14.7. The number of ether oxygens (including phenoxy) is 2. The van der Waals surface area contributed by atoms with E-state index in [1.54, 1.807) is 31.2 Å². The van der Waals surface area contributed by atoms with E-state index in [-0.39, 0.29) is 38.1 Å². The third-order valence-electron chi connectivity index (χ3n) is 5.97. The fourth-order valence-electron chi connectivity index (χ4n) is 4.26. The number of fused-ring (bicyclic) bond motifs is 1. The van der Waals surface area contributed by atoms with Crippen molar-refractivity contribution in [1.82, 2.24) is 4.90 Å². The molecule has 4 rings (SSSR count). The molecule has 0 saturated carbocycles. The molecule has 1 amide bonds. The predicted molar refractivity (Wildman–Crippen MR) is 125 cm³/mol. The van der Waals surface area contributed by atoms with E-state index < -0.39 is 29.5 Å². The van der Waals surface area contributed by atoms with Crippen molar-refractivity contribution in [3.05, 3.63) is 88.2 Å². The smallest absolute Gasteiger partial charge is 0.410 e. The lowest BCUT2D eigenvalue weighted by Gasteiger charge is -2.30. The number of hydrogen-bond donors (Lipinski definition) is 1. The van der Waals surface area contributed by atoms with Crippen LogP contribution < -0.4 is 4.74 Å². The Morgan fingerprint density at radius 2 is 1.75 bits per heavy atom. The molecule has 0 spiro atoms. The summed E-state index contributed by atoms with van der Waals surface area (Å²) in [5, 5.41) is 9.12. The van der Waals surface area contributed by atoms with Gasteiger partial charge in [-0.25, -0.2) is 18.0 Å². The second kappa shape index (κ2) is 10.7. The van der Waals surface area contributed by atoms with Gasteiger partial charge in [-0.2, -0.15) is 0 Å². The summed E-state index contributed by atoms with van der Waals surface area (Å²) >= 11 is 0. The van der Waals surface area contributed by atoms with Crippen molar-refractivity contribution < 1.29 is 37.3 Å². The van der Waals surface area contributed by atoms with Crippen molar-refractivity contribution in [3.8, 4) is 16.9 Å². The molecule has 3 aromatic rings. The van der Waals surface area contributed by atoms with Gasteiger partial charge in [-0.15, -0.1) is 0 Å². The van der Waals surface area contributed by atoms with Crippen LogP contribution >= 0.6 is 0 Å². The maximum Gasteiger partial charge on any atom is 0.410 e. The van der Waals surface area contributed by atoms with Crippen molar-refractivity contribution in [2.75, 3.05) is 13.2 Å². The molecule has 0 aliphatic carbocycles. The lowest BCUT2D eigenvalue weighted by atomic mass is 9.90. The van der Waals surface area contributed by atoms with Crippen LogP contribution in [-0.2, 0) is 35.5 Å². The van der Waals surface area contributed by atoms with Gasteiger partial charge in [-0.1, -0.05) is 18.2 Å². The first kappa shape index (κ1) is 25.1. The van der Waals surface area contributed by atoms with Crippen LogP contribution in [-0.4, -0.2) is 35.2 Å². The summed E-state index contributed by atoms with van der Waals surface area (Å²) in [5.41, 5.74) is 2.95. The van der Waals surface area contributed by atoms with Crippen molar-refractivity contribution in [1.29, 1.82) is 0 Å². The molecule has 0 unspecified atom stereocenters. The monoisotopic (exact) mass is 499 g/mol. The average molecular weight is 499 g/mol. The van der Waals surface area contributed by atoms with Gasteiger partial charge in [-0.3, -0.25) is 4.79 Å². The van der Waals surface area contributed by atoms with Crippen LogP contribution in [0.5, 0.6) is 5.75 Å². The van der Waals surface area contributed by atoms with Gasteiger partial charge in [0, 0.05) is 30.3 Å². The zero-order valence-electron chi connectivity index (χ0n) is 19.5. The van der Waals surface area contributed by atoms with E-state index in [1.807, 2.05) is 0 Å². The van der Waals surface area contributed by atoms with Crippen LogP contribution in [0, 0.1) is 17.5 Å². The number of amides is 1. The minimum atomic E-state index is -0.973. The van der Waals surface area contributed by atoms with Crippen LogP contribution in [0.3, 0.4) is 0 Å². The summed E-state index contributed by atoms with van der Waals surface area (Å²) in [6.07, 6.45) is -0.631. The number of rotatable bonds is 7. The van der Waals surface area contributed by atoms with Gasteiger partial charge in [0.2, 0.25) is 0 Å². The Balaban J connectivity index is 1.61. The van der Waals surface area contributed by atoms with Crippen LogP contribution in [0.15, 0.2) is 48.5 Å². The fourth-order valence-corrected chi connectivity index (χ4v) is 4.26. The van der Waals surface area contributed by atoms with Gasteiger partial charge in [0.25, 0.3) is 0 Å². The maximum atomic E-state index is 14.7. The third-order valence-corrected chi connectivity index (χ3v) is 5.97. The molecule has 3 aromatic carbocycles. The van der Waals surface area contributed by atoms with E-state index in [0.717, 1.165) is 6.07 Å². The number of carboxylic acids is 1. The molecule has 0 aromatic heterocycles. The minimum Gasteiger partial charge on any atom is -0.493 e. The molecule has 9 heteroatoms. The second-order valence-corrected chi connectivity index (χ2v) is 8.35. The van der Waals surface area contributed by atoms with E-state index in [4.69, 9.17) is 14.6 Å². The third kappa shape index (κ3) is 5.45. The molecule has 1 N–H and O–H groups in total. The number of carbonyl (C=O) groups is 2. The van der Waals surface area contributed by atoms with E-state index in [9.17, 15) is 22.8 Å². The molecule has 36 heavy (non-hydrogen) atoms. The molecule has 0 fully saturated rings. The Morgan fingerprint density at radius 3 is 2.47 bits per heavy atom. The lowest BCUT2D eigenvalue weighted by Crippen LogP contribution is -2.37. The minimum absolute atomic E-state index is 0.0386. The highest BCUT2D eigenvalue weighted by atomic mass is 19.1. The Bertz CT molecular complexity index is 1310. The SMILES string of the molecule is CCOc1cc(CC(=O)O)ccc1-c1ccc(F)c2c1CN(C(=O)OCc1ccc(F)cc1F)CC2. The normalized spacial score (nSPS) is 12.7. The first-order chi connectivity index (χ1) is 17.3. The molecule has 1 heterocycles. The predicted octanol–water partition coefficient (Wildman–Crippen LogP) is 5.49. The Kier molecular flexibility index (Phi) is 7.47. The van der Waals surface area contributed by atoms with Crippen molar-refractivity contribution in [3.63, 3.8) is 0 Å². The number of carbonyl (C=O) groups excluding carboxylic acids is 1. The van der Waals surface area contributed by atoms with Crippen LogP contribution in [0.2, 0.25) is 0 Å². The molecule has 1 aliphatic heterocycles. The van der Waals surface area contributed by atoms with Gasteiger partial charge in [0.15, 0.2) is 0 Å².